The molecular weight excluding hydrogens is 777 g/mol. The molecule has 4 heterocycles. The normalized spacial score (nSPS) is 12.6. The standard InChI is InChI=1S/C50H56N8O4/c1-11-13-24-37(12-2)55-47(59)43(33(3)51(55)7)41(44-34(4)52(8)56(48(44)60)38-25-17-14-18-26-38)31-23-32-42(45-35(5)53(9)57(49(45)61)39-27-19-15-20-28-39)46-36(6)54(10)58(50(46)62)40-29-21-16-22-30-40/h11-22,24-30,41-42H,1,23,31-32H2,2-10H3/b24-13-,37-12+. The summed E-state index contributed by atoms with van der Waals surface area (Å²) in [7, 11) is 7.44. The lowest BCUT2D eigenvalue weighted by molar-refractivity contribution is 0.578. The fourth-order valence-electron chi connectivity index (χ4n) is 9.24. The maximum atomic E-state index is 14.9. The number of para-hydroxylation sites is 3. The minimum absolute atomic E-state index is 0.204. The molecule has 1 atom stereocenters. The van der Waals surface area contributed by atoms with Crippen molar-refractivity contribution in [2.45, 2.75) is 65.7 Å². The second-order valence-corrected chi connectivity index (χ2v) is 15.9. The van der Waals surface area contributed by atoms with Crippen molar-refractivity contribution in [3.05, 3.63) is 208 Å². The average Bonchev–Trinajstić information content (AvgIpc) is 3.82. The summed E-state index contributed by atoms with van der Waals surface area (Å²) < 4.78 is 14.0. The Morgan fingerprint density at radius 3 is 1.16 bits per heavy atom. The Balaban J connectivity index is 1.42. The van der Waals surface area contributed by atoms with E-state index in [1.54, 1.807) is 30.9 Å². The molecular formula is C50H56N8O4. The van der Waals surface area contributed by atoms with Crippen LogP contribution < -0.4 is 22.2 Å². The van der Waals surface area contributed by atoms with Gasteiger partial charge in [0, 0.05) is 85.1 Å². The van der Waals surface area contributed by atoms with Gasteiger partial charge in [-0.05, 0) is 89.9 Å². The van der Waals surface area contributed by atoms with Gasteiger partial charge in [0.25, 0.3) is 22.2 Å². The van der Waals surface area contributed by atoms with Crippen molar-refractivity contribution in [3.63, 3.8) is 0 Å². The number of benzene rings is 3. The molecule has 0 fully saturated rings. The molecule has 4 aromatic heterocycles. The third-order valence-electron chi connectivity index (χ3n) is 12.7. The van der Waals surface area contributed by atoms with Crippen LogP contribution in [-0.4, -0.2) is 37.5 Å². The van der Waals surface area contributed by atoms with E-state index in [0.29, 0.717) is 64.3 Å². The fraction of sp³-hybridized carbons (Fsp3) is 0.280. The van der Waals surface area contributed by atoms with Gasteiger partial charge in [0.15, 0.2) is 0 Å². The molecule has 320 valence electrons. The second kappa shape index (κ2) is 17.5. The first-order valence-corrected chi connectivity index (χ1v) is 21.0. The monoisotopic (exact) mass is 832 g/mol. The van der Waals surface area contributed by atoms with E-state index < -0.39 is 11.8 Å². The van der Waals surface area contributed by atoms with Gasteiger partial charge >= 0.3 is 0 Å². The van der Waals surface area contributed by atoms with E-state index >= 15 is 0 Å². The highest BCUT2D eigenvalue weighted by atomic mass is 16.2. The Hall–Kier alpha value is -7.08. The van der Waals surface area contributed by atoms with Crippen LogP contribution in [0, 0.1) is 27.7 Å². The van der Waals surface area contributed by atoms with Gasteiger partial charge in [-0.1, -0.05) is 85.8 Å². The first-order valence-electron chi connectivity index (χ1n) is 21.0. The maximum absolute atomic E-state index is 14.9. The molecule has 7 rings (SSSR count). The molecule has 0 aliphatic heterocycles. The van der Waals surface area contributed by atoms with Gasteiger partial charge in [0.05, 0.1) is 22.8 Å². The molecule has 0 aliphatic carbocycles. The molecule has 12 nitrogen and oxygen atoms in total. The summed E-state index contributed by atoms with van der Waals surface area (Å²) in [6.07, 6.45) is 8.40. The predicted molar refractivity (Wildman–Crippen MR) is 248 cm³/mol. The number of allylic oxidation sites excluding steroid dienone is 5. The van der Waals surface area contributed by atoms with Crippen molar-refractivity contribution in [3.8, 4) is 17.1 Å². The minimum atomic E-state index is -0.628. The zero-order valence-corrected chi connectivity index (χ0v) is 37.2. The average molecular weight is 833 g/mol. The maximum Gasteiger partial charge on any atom is 0.275 e. The summed E-state index contributed by atoms with van der Waals surface area (Å²) in [5.74, 6) is -1.25. The first kappa shape index (κ1) is 43.0. The molecule has 0 saturated carbocycles. The Labute approximate surface area is 361 Å². The van der Waals surface area contributed by atoms with E-state index in [4.69, 9.17) is 0 Å². The molecule has 1 unspecified atom stereocenters. The van der Waals surface area contributed by atoms with Gasteiger partial charge in [0.1, 0.15) is 0 Å². The van der Waals surface area contributed by atoms with E-state index in [9.17, 15) is 19.2 Å². The number of rotatable bonds is 14. The van der Waals surface area contributed by atoms with Gasteiger partial charge in [-0.15, -0.1) is 0 Å². The summed E-state index contributed by atoms with van der Waals surface area (Å²) in [4.78, 5) is 59.4. The Bertz CT molecular complexity index is 2980. The highest BCUT2D eigenvalue weighted by molar-refractivity contribution is 5.57. The van der Waals surface area contributed by atoms with Crippen LogP contribution in [0.2, 0.25) is 0 Å². The molecule has 0 N–H and O–H groups in total. The minimum Gasteiger partial charge on any atom is -0.285 e. The molecule has 0 amide bonds. The highest BCUT2D eigenvalue weighted by Gasteiger charge is 2.35. The first-order chi connectivity index (χ1) is 29.8. The van der Waals surface area contributed by atoms with Crippen molar-refractivity contribution in [2.24, 2.45) is 28.2 Å². The quantitative estimate of drug-likeness (QED) is 0.105. The van der Waals surface area contributed by atoms with Crippen molar-refractivity contribution in [2.75, 3.05) is 0 Å². The number of nitrogens with zero attached hydrogens (tertiary/aromatic N) is 8. The van der Waals surface area contributed by atoms with E-state index in [1.807, 2.05) is 185 Å². The van der Waals surface area contributed by atoms with Crippen molar-refractivity contribution in [1.29, 1.82) is 0 Å². The van der Waals surface area contributed by atoms with Crippen LogP contribution in [0.15, 0.2) is 141 Å². The topological polar surface area (TPSA) is 108 Å². The fourth-order valence-corrected chi connectivity index (χ4v) is 9.24. The van der Waals surface area contributed by atoms with Gasteiger partial charge < -0.3 is 0 Å². The molecule has 62 heavy (non-hydrogen) atoms. The number of aromatic nitrogens is 8. The number of hydrogen-bond acceptors (Lipinski definition) is 4. The third-order valence-corrected chi connectivity index (χ3v) is 12.7. The van der Waals surface area contributed by atoms with E-state index in [2.05, 4.69) is 6.58 Å². The lowest BCUT2D eigenvalue weighted by atomic mass is 9.82. The van der Waals surface area contributed by atoms with Crippen LogP contribution in [0.4, 0.5) is 0 Å². The largest absolute Gasteiger partial charge is 0.285 e. The Kier molecular flexibility index (Phi) is 12.1. The summed E-state index contributed by atoms with van der Waals surface area (Å²) in [6.45, 7) is 13.4. The zero-order chi connectivity index (χ0) is 44.6. The van der Waals surface area contributed by atoms with Crippen molar-refractivity contribution < 1.29 is 0 Å². The van der Waals surface area contributed by atoms with E-state index in [0.717, 1.165) is 22.8 Å². The van der Waals surface area contributed by atoms with Gasteiger partial charge in [-0.3, -0.25) is 37.9 Å². The van der Waals surface area contributed by atoms with Crippen LogP contribution in [0.3, 0.4) is 0 Å². The van der Waals surface area contributed by atoms with Crippen molar-refractivity contribution >= 4 is 5.70 Å². The zero-order valence-electron chi connectivity index (χ0n) is 37.2. The molecule has 0 saturated heterocycles. The van der Waals surface area contributed by atoms with Gasteiger partial charge in [-0.25, -0.2) is 18.7 Å². The molecule has 7 aromatic rings. The lowest BCUT2D eigenvalue weighted by Crippen LogP contribution is -2.27. The Morgan fingerprint density at radius 1 is 0.516 bits per heavy atom. The van der Waals surface area contributed by atoms with Crippen LogP contribution in [0.5, 0.6) is 0 Å². The van der Waals surface area contributed by atoms with E-state index in [1.165, 1.54) is 0 Å². The number of hydrogen-bond donors (Lipinski definition) is 0. The smallest absolute Gasteiger partial charge is 0.275 e. The van der Waals surface area contributed by atoms with Crippen LogP contribution >= 0.6 is 0 Å². The highest BCUT2D eigenvalue weighted by Crippen LogP contribution is 2.36. The SMILES string of the molecule is C=C/C=C\C(=C/C)n1c(=O)c(C(CCCC(c2c(C)n(C)n(-c3ccccc3)c2=O)c2c(C)n(C)n(-c3ccccc3)c2=O)c2c(C)n(C)n(-c3ccccc3)c2=O)c(C)n1C. The third kappa shape index (κ3) is 7.18. The van der Waals surface area contributed by atoms with E-state index in [-0.39, 0.29) is 22.2 Å². The molecule has 12 heteroatoms. The predicted octanol–water partition coefficient (Wildman–Crippen LogP) is 7.63. The van der Waals surface area contributed by atoms with Crippen LogP contribution in [-0.2, 0) is 28.2 Å². The Morgan fingerprint density at radius 2 is 0.839 bits per heavy atom. The summed E-state index contributed by atoms with van der Waals surface area (Å²) >= 11 is 0. The lowest BCUT2D eigenvalue weighted by Gasteiger charge is -2.19. The van der Waals surface area contributed by atoms with Crippen molar-refractivity contribution in [1.82, 2.24) is 37.5 Å². The molecule has 0 radical (unpaired) electrons. The molecule has 0 aliphatic rings. The molecule has 0 bridgehead atoms. The summed E-state index contributed by atoms with van der Waals surface area (Å²) in [5.41, 5.74) is 7.03. The van der Waals surface area contributed by atoms with Crippen LogP contribution in [0.1, 0.15) is 83.1 Å². The summed E-state index contributed by atoms with van der Waals surface area (Å²) in [5, 5.41) is 0. The molecule has 3 aromatic carbocycles. The van der Waals surface area contributed by atoms with Gasteiger partial charge in [-0.2, -0.15) is 0 Å². The van der Waals surface area contributed by atoms with Crippen LogP contribution in [0.25, 0.3) is 22.8 Å². The second-order valence-electron chi connectivity index (χ2n) is 15.9. The summed E-state index contributed by atoms with van der Waals surface area (Å²) in [6, 6.07) is 28.5. The van der Waals surface area contributed by atoms with Gasteiger partial charge in [0.2, 0.25) is 0 Å². The molecule has 0 spiro atoms.